The molecule has 1 heterocycles. The molecule has 2 unspecified atom stereocenters. The molecule has 2 atom stereocenters. The number of nitrogens with two attached hydrogens (primary N) is 1. The molecule has 1 saturated heterocycles. The fraction of sp³-hybridized carbons (Fsp3) is 0.625. The number of rotatable bonds is 5. The predicted molar refractivity (Wildman–Crippen MR) is 79.4 cm³/mol. The van der Waals surface area contributed by atoms with E-state index in [2.05, 4.69) is 36.1 Å². The second-order valence-electron chi connectivity index (χ2n) is 5.40. The van der Waals surface area contributed by atoms with Crippen LogP contribution in [0.25, 0.3) is 0 Å². The minimum Gasteiger partial charge on any atom is -0.494 e. The van der Waals surface area contributed by atoms with Crippen LogP contribution in [0.15, 0.2) is 24.3 Å². The minimum absolute atomic E-state index is 0.149. The normalized spacial score (nSPS) is 19.9. The van der Waals surface area contributed by atoms with Crippen molar-refractivity contribution in [2.24, 2.45) is 5.73 Å². The van der Waals surface area contributed by atoms with Crippen LogP contribution in [0.4, 0.5) is 0 Å². The molecule has 1 aromatic carbocycles. The van der Waals surface area contributed by atoms with E-state index in [9.17, 15) is 0 Å². The van der Waals surface area contributed by atoms with Crippen LogP contribution in [0, 0.1) is 0 Å². The van der Waals surface area contributed by atoms with E-state index in [1.165, 1.54) is 37.9 Å². The maximum atomic E-state index is 6.22. The smallest absolute Gasteiger partial charge is 0.119 e. The van der Waals surface area contributed by atoms with E-state index in [-0.39, 0.29) is 6.04 Å². The molecule has 1 aliphatic heterocycles. The maximum absolute atomic E-state index is 6.22. The molecule has 3 nitrogen and oxygen atoms in total. The van der Waals surface area contributed by atoms with Crippen molar-refractivity contribution in [2.45, 2.75) is 45.2 Å². The van der Waals surface area contributed by atoms with Gasteiger partial charge in [0.15, 0.2) is 0 Å². The highest BCUT2D eigenvalue weighted by Gasteiger charge is 2.25. The van der Waals surface area contributed by atoms with Crippen molar-refractivity contribution in [1.29, 1.82) is 0 Å². The Kier molecular flexibility index (Phi) is 5.23. The summed E-state index contributed by atoms with van der Waals surface area (Å²) in [7, 11) is 0. The van der Waals surface area contributed by atoms with Gasteiger partial charge < -0.3 is 10.5 Å². The summed E-state index contributed by atoms with van der Waals surface area (Å²) >= 11 is 0. The highest BCUT2D eigenvalue weighted by molar-refractivity contribution is 5.30. The molecule has 2 rings (SSSR count). The van der Waals surface area contributed by atoms with E-state index in [1.807, 2.05) is 6.92 Å². The first-order valence-corrected chi connectivity index (χ1v) is 7.44. The van der Waals surface area contributed by atoms with E-state index in [0.717, 1.165) is 5.75 Å². The Hall–Kier alpha value is -1.06. The maximum Gasteiger partial charge on any atom is 0.119 e. The molecule has 2 N–H and O–H groups in total. The molecule has 1 fully saturated rings. The van der Waals surface area contributed by atoms with E-state index in [4.69, 9.17) is 10.5 Å². The van der Waals surface area contributed by atoms with E-state index in [1.54, 1.807) is 0 Å². The summed E-state index contributed by atoms with van der Waals surface area (Å²) in [5, 5.41) is 0. The van der Waals surface area contributed by atoms with Crippen LogP contribution in [0.2, 0.25) is 0 Å². The average molecular weight is 262 g/mol. The van der Waals surface area contributed by atoms with E-state index in [0.29, 0.717) is 12.6 Å². The summed E-state index contributed by atoms with van der Waals surface area (Å²) in [6.45, 7) is 7.16. The predicted octanol–water partition coefficient (Wildman–Crippen LogP) is 2.96. The number of ether oxygens (including phenoxy) is 1. The van der Waals surface area contributed by atoms with E-state index < -0.39 is 0 Å². The molecular weight excluding hydrogens is 236 g/mol. The van der Waals surface area contributed by atoms with Crippen LogP contribution in [-0.2, 0) is 0 Å². The lowest BCUT2D eigenvalue weighted by molar-refractivity contribution is 0.146. The van der Waals surface area contributed by atoms with Gasteiger partial charge in [0.2, 0.25) is 0 Å². The summed E-state index contributed by atoms with van der Waals surface area (Å²) in [6, 6.07) is 8.91. The minimum atomic E-state index is 0.149. The van der Waals surface area contributed by atoms with Crippen molar-refractivity contribution in [3.05, 3.63) is 29.8 Å². The van der Waals surface area contributed by atoms with Gasteiger partial charge in [0.25, 0.3) is 0 Å². The van der Waals surface area contributed by atoms with Crippen molar-refractivity contribution in [3.63, 3.8) is 0 Å². The standard InChI is InChI=1S/C16H26N2O/c1-3-19-15-9-7-14(8-10-15)16(13(2)17)18-11-5-4-6-12-18/h7-10,13,16H,3-6,11-12,17H2,1-2H3. The average Bonchev–Trinajstić information content (AvgIpc) is 2.42. The van der Waals surface area contributed by atoms with Gasteiger partial charge in [-0.3, -0.25) is 4.90 Å². The first-order valence-electron chi connectivity index (χ1n) is 7.44. The van der Waals surface area contributed by atoms with Gasteiger partial charge >= 0.3 is 0 Å². The lowest BCUT2D eigenvalue weighted by atomic mass is 9.96. The zero-order chi connectivity index (χ0) is 13.7. The number of hydrogen-bond acceptors (Lipinski definition) is 3. The van der Waals surface area contributed by atoms with Gasteiger partial charge in [-0.15, -0.1) is 0 Å². The molecule has 106 valence electrons. The quantitative estimate of drug-likeness (QED) is 0.886. The molecule has 0 spiro atoms. The number of nitrogens with zero attached hydrogens (tertiary/aromatic N) is 1. The Bertz CT molecular complexity index is 369. The second kappa shape index (κ2) is 6.92. The molecule has 0 radical (unpaired) electrons. The Morgan fingerprint density at radius 1 is 1.16 bits per heavy atom. The fourth-order valence-corrected chi connectivity index (χ4v) is 2.97. The Labute approximate surface area is 116 Å². The summed E-state index contributed by atoms with van der Waals surface area (Å²) in [5.41, 5.74) is 7.53. The van der Waals surface area contributed by atoms with Gasteiger partial charge in [-0.1, -0.05) is 18.6 Å². The number of likely N-dealkylation sites (tertiary alicyclic amines) is 1. The third-order valence-electron chi connectivity index (χ3n) is 3.81. The van der Waals surface area contributed by atoms with Crippen molar-refractivity contribution in [3.8, 4) is 5.75 Å². The van der Waals surface area contributed by atoms with Crippen LogP contribution < -0.4 is 10.5 Å². The van der Waals surface area contributed by atoms with Crippen LogP contribution >= 0.6 is 0 Å². The largest absolute Gasteiger partial charge is 0.494 e. The number of hydrogen-bond donors (Lipinski definition) is 1. The highest BCUT2D eigenvalue weighted by atomic mass is 16.5. The molecule has 3 heteroatoms. The van der Waals surface area contributed by atoms with Crippen molar-refractivity contribution >= 4 is 0 Å². The third-order valence-corrected chi connectivity index (χ3v) is 3.81. The van der Waals surface area contributed by atoms with Crippen molar-refractivity contribution in [2.75, 3.05) is 19.7 Å². The van der Waals surface area contributed by atoms with Gasteiger partial charge in [-0.05, 0) is 57.5 Å². The summed E-state index contributed by atoms with van der Waals surface area (Å²) < 4.78 is 5.50. The molecule has 0 aromatic heterocycles. The van der Waals surface area contributed by atoms with Gasteiger partial charge in [0, 0.05) is 12.1 Å². The highest BCUT2D eigenvalue weighted by Crippen LogP contribution is 2.28. The van der Waals surface area contributed by atoms with Crippen LogP contribution in [-0.4, -0.2) is 30.6 Å². The topological polar surface area (TPSA) is 38.5 Å². The van der Waals surface area contributed by atoms with Crippen molar-refractivity contribution < 1.29 is 4.74 Å². The van der Waals surface area contributed by atoms with Crippen LogP contribution in [0.3, 0.4) is 0 Å². The lowest BCUT2D eigenvalue weighted by Crippen LogP contribution is -2.42. The SMILES string of the molecule is CCOc1ccc(C(C(C)N)N2CCCCC2)cc1. The third kappa shape index (κ3) is 3.71. The summed E-state index contributed by atoms with van der Waals surface area (Å²) in [4.78, 5) is 2.53. The molecule has 1 aromatic rings. The Balaban J connectivity index is 2.13. The first kappa shape index (κ1) is 14.4. The van der Waals surface area contributed by atoms with Gasteiger partial charge in [-0.2, -0.15) is 0 Å². The molecular formula is C16H26N2O. The molecule has 0 bridgehead atoms. The van der Waals surface area contributed by atoms with Gasteiger partial charge in [0.1, 0.15) is 5.75 Å². The molecule has 1 aliphatic rings. The lowest BCUT2D eigenvalue weighted by Gasteiger charge is -2.37. The monoisotopic (exact) mass is 262 g/mol. The number of piperidine rings is 1. The molecule has 19 heavy (non-hydrogen) atoms. The summed E-state index contributed by atoms with van der Waals surface area (Å²) in [5.74, 6) is 0.938. The van der Waals surface area contributed by atoms with Gasteiger partial charge in [-0.25, -0.2) is 0 Å². The fourth-order valence-electron chi connectivity index (χ4n) is 2.97. The zero-order valence-electron chi connectivity index (χ0n) is 12.1. The van der Waals surface area contributed by atoms with E-state index >= 15 is 0 Å². The first-order chi connectivity index (χ1) is 9.22. The van der Waals surface area contributed by atoms with Crippen LogP contribution in [0.1, 0.15) is 44.7 Å². The van der Waals surface area contributed by atoms with Crippen LogP contribution in [0.5, 0.6) is 5.75 Å². The summed E-state index contributed by atoms with van der Waals surface area (Å²) in [6.07, 6.45) is 3.94. The Morgan fingerprint density at radius 3 is 2.32 bits per heavy atom. The molecule has 0 amide bonds. The van der Waals surface area contributed by atoms with Gasteiger partial charge in [0.05, 0.1) is 6.61 Å². The second-order valence-corrected chi connectivity index (χ2v) is 5.40. The van der Waals surface area contributed by atoms with Crippen molar-refractivity contribution in [1.82, 2.24) is 4.90 Å². The molecule has 0 saturated carbocycles. The molecule has 0 aliphatic carbocycles. The zero-order valence-corrected chi connectivity index (χ0v) is 12.1. The number of benzene rings is 1. The Morgan fingerprint density at radius 2 is 1.79 bits per heavy atom.